The first-order valence-corrected chi connectivity index (χ1v) is 10.9. The molecule has 0 radical (unpaired) electrons. The molecule has 2 rings (SSSR count). The van der Waals surface area contributed by atoms with Crippen LogP contribution in [0.1, 0.15) is 55.1 Å². The maximum atomic E-state index is 9.91. The van der Waals surface area contributed by atoms with Gasteiger partial charge in [0.05, 0.1) is 13.8 Å². The monoisotopic (exact) mass is 380 g/mol. The molecule has 0 amide bonds. The van der Waals surface area contributed by atoms with E-state index in [9.17, 15) is 20.8 Å². The second kappa shape index (κ2) is 5.49. The Bertz CT molecular complexity index is 459. The molecule has 0 N–H and O–H groups in total. The van der Waals surface area contributed by atoms with Crippen molar-refractivity contribution < 1.29 is 25.2 Å². The Labute approximate surface area is 121 Å². The number of halogens is 6. The zero-order chi connectivity index (χ0) is 16.4. The molecule has 1 heterocycles. The van der Waals surface area contributed by atoms with Crippen molar-refractivity contribution in [2.45, 2.75) is 51.9 Å². The summed E-state index contributed by atoms with van der Waals surface area (Å²) in [6.07, 6.45) is 6.95. The molecular weight excluding hydrogens is 361 g/mol. The first-order valence-electron chi connectivity index (χ1n) is 6.68. The van der Waals surface area contributed by atoms with Gasteiger partial charge in [-0.05, 0) is 24.3 Å². The minimum atomic E-state index is -11.1. The standard InChI is InChI=1S/C13H19O.AsF6/c1-10-8-13(9-11(2)14-10)12-6-4-3-5-7-12;2-1(3,4,5,6)7/h8-9,12H,3-7H2,1-2H3;/q+1;-1. The first-order chi connectivity index (χ1) is 9.20. The molecule has 1 aliphatic rings. The quantitative estimate of drug-likeness (QED) is 0.313. The molecule has 0 aromatic carbocycles. The van der Waals surface area contributed by atoms with Crippen molar-refractivity contribution in [1.29, 1.82) is 0 Å². The van der Waals surface area contributed by atoms with E-state index in [4.69, 9.17) is 4.42 Å². The average Bonchev–Trinajstić information content (AvgIpc) is 2.24. The zero-order valence-corrected chi connectivity index (χ0v) is 13.8. The van der Waals surface area contributed by atoms with E-state index in [1.165, 1.54) is 37.7 Å². The van der Waals surface area contributed by atoms with E-state index in [-0.39, 0.29) is 0 Å². The number of hydrogen-bond donors (Lipinski definition) is 0. The summed E-state index contributed by atoms with van der Waals surface area (Å²) in [5.41, 5.74) is 1.49. The van der Waals surface area contributed by atoms with Crippen LogP contribution in [0.5, 0.6) is 0 Å². The van der Waals surface area contributed by atoms with Gasteiger partial charge in [0, 0.05) is 12.1 Å². The van der Waals surface area contributed by atoms with Crippen LogP contribution in [0.3, 0.4) is 0 Å². The number of hydrogen-bond acceptors (Lipinski definition) is 0. The molecule has 1 saturated carbocycles. The summed E-state index contributed by atoms with van der Waals surface area (Å²) in [4.78, 5) is 0. The van der Waals surface area contributed by atoms with E-state index in [1.54, 1.807) is 0 Å². The van der Waals surface area contributed by atoms with Gasteiger partial charge in [-0.15, -0.1) is 0 Å². The summed E-state index contributed by atoms with van der Waals surface area (Å²) in [5, 5.41) is 0. The third-order valence-electron chi connectivity index (χ3n) is 3.14. The molecule has 0 unspecified atom stereocenters. The fraction of sp³-hybridized carbons (Fsp3) is 0.615. The molecule has 0 saturated heterocycles. The van der Waals surface area contributed by atoms with Crippen molar-refractivity contribution in [3.05, 3.63) is 29.2 Å². The Morgan fingerprint density at radius 2 is 1.24 bits per heavy atom. The summed E-state index contributed by atoms with van der Waals surface area (Å²) in [7, 11) is 0. The average molecular weight is 380 g/mol. The molecule has 1 aromatic heterocycles. The van der Waals surface area contributed by atoms with E-state index in [1.807, 2.05) is 13.8 Å². The van der Waals surface area contributed by atoms with Crippen LogP contribution in [-0.4, -0.2) is 14.2 Å². The Morgan fingerprint density at radius 1 is 0.857 bits per heavy atom. The molecule has 124 valence electrons. The Balaban J connectivity index is 0.000000270. The summed E-state index contributed by atoms with van der Waals surface area (Å²) >= 11 is -11.1. The first kappa shape index (κ1) is 18.3. The van der Waals surface area contributed by atoms with E-state index in [0.29, 0.717) is 0 Å². The second-order valence-corrected chi connectivity index (χ2v) is 9.43. The molecule has 0 atom stereocenters. The normalized spacial score (nSPS) is 20.0. The van der Waals surface area contributed by atoms with E-state index >= 15 is 0 Å². The van der Waals surface area contributed by atoms with Gasteiger partial charge in [-0.1, -0.05) is 19.3 Å². The van der Waals surface area contributed by atoms with Gasteiger partial charge in [0.25, 0.3) is 0 Å². The van der Waals surface area contributed by atoms with E-state index in [2.05, 4.69) is 12.1 Å². The topological polar surface area (TPSA) is 11.3 Å². The summed E-state index contributed by atoms with van der Waals surface area (Å²) in [5.74, 6) is 2.88. The van der Waals surface area contributed by atoms with Crippen molar-refractivity contribution >= 4 is 14.2 Å². The zero-order valence-electron chi connectivity index (χ0n) is 11.9. The number of rotatable bonds is 1. The van der Waals surface area contributed by atoms with Gasteiger partial charge in [-0.3, -0.25) is 0 Å². The van der Waals surface area contributed by atoms with Crippen LogP contribution in [0.25, 0.3) is 0 Å². The van der Waals surface area contributed by atoms with Gasteiger partial charge in [-0.25, -0.2) is 4.42 Å². The molecule has 21 heavy (non-hydrogen) atoms. The van der Waals surface area contributed by atoms with Gasteiger partial charge in [0.15, 0.2) is 0 Å². The molecule has 1 aliphatic carbocycles. The van der Waals surface area contributed by atoms with Crippen LogP contribution >= 0.6 is 0 Å². The minimum absolute atomic E-state index is 0.789. The van der Waals surface area contributed by atoms with Crippen LogP contribution in [0.4, 0.5) is 20.8 Å². The van der Waals surface area contributed by atoms with Crippen molar-refractivity contribution in [2.24, 2.45) is 0 Å². The predicted molar refractivity (Wildman–Crippen MR) is 70.8 cm³/mol. The van der Waals surface area contributed by atoms with Crippen LogP contribution in [0.15, 0.2) is 16.5 Å². The van der Waals surface area contributed by atoms with Crippen LogP contribution in [-0.2, 0) is 0 Å². The molecule has 1 nitrogen and oxygen atoms in total. The Morgan fingerprint density at radius 3 is 1.62 bits per heavy atom. The van der Waals surface area contributed by atoms with Crippen molar-refractivity contribution in [2.75, 3.05) is 0 Å². The number of aryl methyl sites for hydroxylation is 2. The van der Waals surface area contributed by atoms with E-state index < -0.39 is 14.2 Å². The molecule has 0 spiro atoms. The Kier molecular flexibility index (Phi) is 4.79. The predicted octanol–water partition coefficient (Wildman–Crippen LogP) is 6.37. The molecule has 8 heteroatoms. The SMILES string of the molecule is Cc1cc(C2CCCCC2)cc(C)[o+]1.F[As-](F)(F)(F)(F)F. The van der Waals surface area contributed by atoms with Gasteiger partial charge in [-0.2, -0.15) is 0 Å². The second-order valence-electron chi connectivity index (χ2n) is 5.41. The molecule has 1 aromatic rings. The van der Waals surface area contributed by atoms with Crippen LogP contribution in [0.2, 0.25) is 0 Å². The van der Waals surface area contributed by atoms with Gasteiger partial charge < -0.3 is 0 Å². The van der Waals surface area contributed by atoms with Crippen molar-refractivity contribution in [3.8, 4) is 0 Å². The summed E-state index contributed by atoms with van der Waals surface area (Å²) < 4.78 is 64.9. The van der Waals surface area contributed by atoms with Crippen molar-refractivity contribution in [1.82, 2.24) is 0 Å². The van der Waals surface area contributed by atoms with Crippen molar-refractivity contribution in [3.63, 3.8) is 0 Å². The van der Waals surface area contributed by atoms with E-state index in [0.717, 1.165) is 17.4 Å². The Hall–Kier alpha value is -0.712. The maximum absolute atomic E-state index is 11.1. The fourth-order valence-electron chi connectivity index (χ4n) is 2.50. The third-order valence-corrected chi connectivity index (χ3v) is 3.14. The van der Waals surface area contributed by atoms with Crippen LogP contribution in [0, 0.1) is 13.8 Å². The van der Waals surface area contributed by atoms with Gasteiger partial charge >= 0.3 is 46.5 Å². The molecular formula is C13H19AsF6O. The molecule has 0 bridgehead atoms. The van der Waals surface area contributed by atoms with Gasteiger partial charge in [0.1, 0.15) is 0 Å². The molecule has 1 fully saturated rings. The summed E-state index contributed by atoms with van der Waals surface area (Å²) in [6, 6.07) is 4.42. The molecule has 0 aliphatic heterocycles. The summed E-state index contributed by atoms with van der Waals surface area (Å²) in [6.45, 7) is 4.08. The third kappa shape index (κ3) is 10.6. The fourth-order valence-corrected chi connectivity index (χ4v) is 2.50. The van der Waals surface area contributed by atoms with Gasteiger partial charge in [0.2, 0.25) is 0 Å². The van der Waals surface area contributed by atoms with Crippen LogP contribution < -0.4 is 0 Å².